The van der Waals surface area contributed by atoms with E-state index in [9.17, 15) is 24.5 Å². The molecule has 0 aliphatic carbocycles. The van der Waals surface area contributed by atoms with Crippen molar-refractivity contribution < 1.29 is 28.8 Å². The van der Waals surface area contributed by atoms with E-state index in [1.165, 1.54) is 49.6 Å². The normalized spacial score (nSPS) is 14.5. The SMILES string of the molecule is COc1cc(/C=C2\C(=O)NC(=O)N(c3ccc(Cl)cc3)C2=O)cc(Br)c1OCc1cccc([N+](=O)[O-])c1. The highest BCUT2D eigenvalue weighted by Crippen LogP contribution is 2.38. The van der Waals surface area contributed by atoms with Crippen LogP contribution in [0.15, 0.2) is 70.7 Å². The molecule has 4 rings (SSSR count). The van der Waals surface area contributed by atoms with Crippen molar-refractivity contribution in [2.75, 3.05) is 12.0 Å². The number of nitrogens with zero attached hydrogens (tertiary/aromatic N) is 2. The van der Waals surface area contributed by atoms with E-state index in [2.05, 4.69) is 21.2 Å². The summed E-state index contributed by atoms with van der Waals surface area (Å²) in [4.78, 5) is 49.3. The molecule has 188 valence electrons. The van der Waals surface area contributed by atoms with Gasteiger partial charge in [-0.1, -0.05) is 23.7 Å². The minimum absolute atomic E-state index is 0.0239. The van der Waals surface area contributed by atoms with Crippen molar-refractivity contribution in [2.24, 2.45) is 0 Å². The lowest BCUT2D eigenvalue weighted by atomic mass is 10.1. The molecule has 1 heterocycles. The number of nitro benzene ring substituents is 1. The molecule has 0 saturated carbocycles. The summed E-state index contributed by atoms with van der Waals surface area (Å²) in [7, 11) is 1.42. The number of barbiturate groups is 1. The Balaban J connectivity index is 1.62. The van der Waals surface area contributed by atoms with Gasteiger partial charge in [-0.2, -0.15) is 0 Å². The third kappa shape index (κ3) is 5.63. The fraction of sp³-hybridized carbons (Fsp3) is 0.0800. The van der Waals surface area contributed by atoms with Crippen molar-refractivity contribution in [1.29, 1.82) is 0 Å². The van der Waals surface area contributed by atoms with Crippen molar-refractivity contribution in [3.05, 3.63) is 97.0 Å². The summed E-state index contributed by atoms with van der Waals surface area (Å²) in [5.41, 5.74) is 0.902. The largest absolute Gasteiger partial charge is 0.493 e. The molecule has 1 N–H and O–H groups in total. The third-order valence-electron chi connectivity index (χ3n) is 5.25. The molecule has 1 aliphatic rings. The maximum Gasteiger partial charge on any atom is 0.335 e. The second-order valence-electron chi connectivity index (χ2n) is 7.68. The molecule has 4 amide bonds. The zero-order valence-electron chi connectivity index (χ0n) is 19.1. The van der Waals surface area contributed by atoms with Crippen molar-refractivity contribution in [3.63, 3.8) is 0 Å². The molecule has 3 aromatic carbocycles. The maximum absolute atomic E-state index is 13.1. The zero-order valence-corrected chi connectivity index (χ0v) is 21.4. The molecule has 37 heavy (non-hydrogen) atoms. The van der Waals surface area contributed by atoms with Crippen LogP contribution in [0.5, 0.6) is 11.5 Å². The van der Waals surface area contributed by atoms with Crippen LogP contribution < -0.4 is 19.7 Å². The van der Waals surface area contributed by atoms with Gasteiger partial charge >= 0.3 is 6.03 Å². The molecular formula is C25H17BrClN3O7. The van der Waals surface area contributed by atoms with Crippen molar-refractivity contribution in [2.45, 2.75) is 6.61 Å². The van der Waals surface area contributed by atoms with E-state index >= 15 is 0 Å². The number of carbonyl (C=O) groups excluding carboxylic acids is 3. The highest BCUT2D eigenvalue weighted by atomic mass is 79.9. The number of anilines is 1. The Morgan fingerprint density at radius 2 is 1.84 bits per heavy atom. The summed E-state index contributed by atoms with van der Waals surface area (Å²) in [5.74, 6) is -1.06. The van der Waals surface area contributed by atoms with E-state index in [4.69, 9.17) is 21.1 Å². The van der Waals surface area contributed by atoms with E-state index in [1.807, 2.05) is 0 Å². The first-order valence-corrected chi connectivity index (χ1v) is 11.8. The van der Waals surface area contributed by atoms with Crippen LogP contribution in [0.3, 0.4) is 0 Å². The standard InChI is InChI=1S/C25H17BrClN3O7/c1-36-21-12-15(11-20(26)22(21)37-13-14-3-2-4-18(9-14)30(34)35)10-19-23(31)28-25(33)29(24(19)32)17-7-5-16(27)6-8-17/h2-12H,13H2,1H3,(H,28,31,33)/b19-10+. The third-order valence-corrected chi connectivity index (χ3v) is 6.09. The van der Waals surface area contributed by atoms with Crippen molar-refractivity contribution >= 4 is 62.8 Å². The average Bonchev–Trinajstić information content (AvgIpc) is 2.86. The topological polar surface area (TPSA) is 128 Å². The number of rotatable bonds is 7. The maximum atomic E-state index is 13.1. The first-order valence-electron chi connectivity index (χ1n) is 10.6. The van der Waals surface area contributed by atoms with Gasteiger partial charge in [-0.05, 0) is 69.5 Å². The van der Waals surface area contributed by atoms with Crippen LogP contribution in [-0.4, -0.2) is 29.9 Å². The van der Waals surface area contributed by atoms with Gasteiger partial charge in [0.25, 0.3) is 17.5 Å². The smallest absolute Gasteiger partial charge is 0.335 e. The van der Waals surface area contributed by atoms with E-state index in [1.54, 1.807) is 24.3 Å². The van der Waals surface area contributed by atoms with Gasteiger partial charge < -0.3 is 9.47 Å². The van der Waals surface area contributed by atoms with Crippen LogP contribution in [0.4, 0.5) is 16.2 Å². The Hall–Kier alpha value is -4.22. The van der Waals surface area contributed by atoms with Gasteiger partial charge in [0.15, 0.2) is 11.5 Å². The van der Waals surface area contributed by atoms with Crippen LogP contribution in [0.1, 0.15) is 11.1 Å². The molecule has 0 unspecified atom stereocenters. The Bertz CT molecular complexity index is 1460. The van der Waals surface area contributed by atoms with Crippen molar-refractivity contribution in [1.82, 2.24) is 5.32 Å². The number of carbonyl (C=O) groups is 3. The molecule has 0 atom stereocenters. The first kappa shape index (κ1) is 25.9. The molecule has 0 radical (unpaired) electrons. The summed E-state index contributed by atoms with van der Waals surface area (Å²) in [6, 6.07) is 14.3. The lowest BCUT2D eigenvalue weighted by molar-refractivity contribution is -0.384. The van der Waals surface area contributed by atoms with Gasteiger partial charge in [-0.3, -0.25) is 25.0 Å². The Labute approximate surface area is 223 Å². The number of imide groups is 2. The summed E-state index contributed by atoms with van der Waals surface area (Å²) >= 11 is 9.30. The van der Waals surface area contributed by atoms with Gasteiger partial charge in [0, 0.05) is 17.2 Å². The van der Waals surface area contributed by atoms with Crippen molar-refractivity contribution in [3.8, 4) is 11.5 Å². The van der Waals surface area contributed by atoms with E-state index < -0.39 is 22.8 Å². The summed E-state index contributed by atoms with van der Waals surface area (Å²) in [5, 5.41) is 13.6. The Morgan fingerprint density at radius 3 is 2.51 bits per heavy atom. The number of urea groups is 1. The quantitative estimate of drug-likeness (QED) is 0.173. The van der Waals surface area contributed by atoms with Gasteiger partial charge in [0.2, 0.25) is 0 Å². The molecule has 12 heteroatoms. The van der Waals surface area contributed by atoms with Crippen LogP contribution in [0, 0.1) is 10.1 Å². The molecule has 1 saturated heterocycles. The van der Waals surface area contributed by atoms with Crippen LogP contribution in [0.2, 0.25) is 5.02 Å². The minimum atomic E-state index is -0.877. The molecular weight excluding hydrogens is 570 g/mol. The van der Waals surface area contributed by atoms with E-state index in [0.29, 0.717) is 26.4 Å². The molecule has 3 aromatic rings. The molecule has 1 fully saturated rings. The lowest BCUT2D eigenvalue weighted by Gasteiger charge is -2.26. The number of non-ortho nitro benzene ring substituents is 1. The first-order chi connectivity index (χ1) is 17.7. The van der Waals surface area contributed by atoms with Crippen LogP contribution >= 0.6 is 27.5 Å². The number of benzene rings is 3. The molecule has 10 nitrogen and oxygen atoms in total. The predicted octanol–water partition coefficient (Wildman–Crippen LogP) is 5.26. The number of halogens is 2. The summed E-state index contributed by atoms with van der Waals surface area (Å²) in [6.07, 6.45) is 1.32. The number of methoxy groups -OCH3 is 1. The molecule has 1 aliphatic heterocycles. The second-order valence-corrected chi connectivity index (χ2v) is 8.97. The number of nitrogens with one attached hydrogen (secondary N) is 1. The van der Waals surface area contributed by atoms with Crippen LogP contribution in [0.25, 0.3) is 6.08 Å². The van der Waals surface area contributed by atoms with Gasteiger partial charge in [0.1, 0.15) is 12.2 Å². The number of hydrogen-bond donors (Lipinski definition) is 1. The Morgan fingerprint density at radius 1 is 1.11 bits per heavy atom. The van der Waals surface area contributed by atoms with Gasteiger partial charge in [-0.25, -0.2) is 9.69 Å². The zero-order chi connectivity index (χ0) is 26.7. The minimum Gasteiger partial charge on any atom is -0.493 e. The number of hydrogen-bond acceptors (Lipinski definition) is 7. The fourth-order valence-corrected chi connectivity index (χ4v) is 4.23. The van der Waals surface area contributed by atoms with Gasteiger partial charge in [0.05, 0.1) is 22.2 Å². The van der Waals surface area contributed by atoms with E-state index in [-0.39, 0.29) is 29.3 Å². The number of nitro groups is 1. The molecule has 0 aromatic heterocycles. The van der Waals surface area contributed by atoms with Gasteiger partial charge in [-0.15, -0.1) is 0 Å². The summed E-state index contributed by atoms with van der Waals surface area (Å²) in [6.45, 7) is 0.0239. The van der Waals surface area contributed by atoms with E-state index in [0.717, 1.165) is 4.90 Å². The number of ether oxygens (including phenoxy) is 2. The number of amides is 4. The summed E-state index contributed by atoms with van der Waals surface area (Å²) < 4.78 is 11.7. The molecule has 0 bridgehead atoms. The highest BCUT2D eigenvalue weighted by Gasteiger charge is 2.36. The Kier molecular flexibility index (Phi) is 7.55. The average molecular weight is 587 g/mol. The second kappa shape index (κ2) is 10.8. The highest BCUT2D eigenvalue weighted by molar-refractivity contribution is 9.10. The predicted molar refractivity (Wildman–Crippen MR) is 139 cm³/mol. The monoisotopic (exact) mass is 585 g/mol. The lowest BCUT2D eigenvalue weighted by Crippen LogP contribution is -2.54. The molecule has 0 spiro atoms. The fourth-order valence-electron chi connectivity index (χ4n) is 3.53. The van der Waals surface area contributed by atoms with Crippen LogP contribution in [-0.2, 0) is 16.2 Å².